The molecule has 0 spiro atoms. The third kappa shape index (κ3) is 5.99. The standard InChI is InChI=1S/C27H34FN3O2/c28-22-12-7-11-21(17-22)26(32)30-23-13-6-8-19(16-23)18-31(25-15-5-4-14-24(25)29)27(33)20-9-2-1-3-10-20/h6-8,11-13,16-17,20,24-25H,1-5,9-10,14-15,18,29H2,(H,30,32). The zero-order chi connectivity index (χ0) is 23.2. The minimum atomic E-state index is -0.447. The maximum Gasteiger partial charge on any atom is 0.255 e. The van der Waals surface area contributed by atoms with E-state index in [1.54, 1.807) is 12.1 Å². The van der Waals surface area contributed by atoms with Crippen molar-refractivity contribution in [2.45, 2.75) is 76.4 Å². The van der Waals surface area contributed by atoms with Gasteiger partial charge in [-0.25, -0.2) is 4.39 Å². The van der Waals surface area contributed by atoms with Gasteiger partial charge in [0.2, 0.25) is 5.91 Å². The monoisotopic (exact) mass is 451 g/mol. The van der Waals surface area contributed by atoms with Gasteiger partial charge < -0.3 is 16.0 Å². The lowest BCUT2D eigenvalue weighted by atomic mass is 9.85. The van der Waals surface area contributed by atoms with Gasteiger partial charge in [-0.1, -0.05) is 50.3 Å². The van der Waals surface area contributed by atoms with Crippen LogP contribution in [0, 0.1) is 11.7 Å². The maximum absolute atomic E-state index is 13.6. The Bertz CT molecular complexity index is 973. The van der Waals surface area contributed by atoms with Crippen molar-refractivity contribution in [1.82, 2.24) is 4.90 Å². The van der Waals surface area contributed by atoms with Gasteiger partial charge in [0.1, 0.15) is 5.82 Å². The number of anilines is 1. The zero-order valence-corrected chi connectivity index (χ0v) is 19.1. The predicted molar refractivity (Wildman–Crippen MR) is 128 cm³/mol. The lowest BCUT2D eigenvalue weighted by molar-refractivity contribution is -0.141. The van der Waals surface area contributed by atoms with Crippen molar-refractivity contribution in [1.29, 1.82) is 0 Å². The Morgan fingerprint density at radius 2 is 1.67 bits per heavy atom. The van der Waals surface area contributed by atoms with E-state index in [0.717, 1.165) is 56.9 Å². The number of carbonyl (C=O) groups is 2. The highest BCUT2D eigenvalue weighted by Crippen LogP contribution is 2.30. The summed E-state index contributed by atoms with van der Waals surface area (Å²) in [5, 5.41) is 2.85. The summed E-state index contributed by atoms with van der Waals surface area (Å²) in [4.78, 5) is 28.2. The van der Waals surface area contributed by atoms with E-state index in [9.17, 15) is 14.0 Å². The average Bonchev–Trinajstić information content (AvgIpc) is 2.83. The fourth-order valence-electron chi connectivity index (χ4n) is 5.25. The van der Waals surface area contributed by atoms with Crippen LogP contribution in [0.15, 0.2) is 48.5 Å². The fourth-order valence-corrected chi connectivity index (χ4v) is 5.25. The van der Waals surface area contributed by atoms with E-state index in [4.69, 9.17) is 5.73 Å². The van der Waals surface area contributed by atoms with Gasteiger partial charge in [0.25, 0.3) is 5.91 Å². The Morgan fingerprint density at radius 3 is 2.42 bits per heavy atom. The quantitative estimate of drug-likeness (QED) is 0.629. The summed E-state index contributed by atoms with van der Waals surface area (Å²) in [6.07, 6.45) is 9.45. The number of nitrogens with two attached hydrogens (primary N) is 1. The average molecular weight is 452 g/mol. The number of nitrogens with one attached hydrogen (secondary N) is 1. The fraction of sp³-hybridized carbons (Fsp3) is 0.481. The Labute approximate surface area is 195 Å². The zero-order valence-electron chi connectivity index (χ0n) is 19.1. The molecule has 176 valence electrons. The van der Waals surface area contributed by atoms with Crippen LogP contribution in [0.25, 0.3) is 0 Å². The van der Waals surface area contributed by atoms with Crippen LogP contribution < -0.4 is 11.1 Å². The topological polar surface area (TPSA) is 75.4 Å². The molecule has 33 heavy (non-hydrogen) atoms. The van der Waals surface area contributed by atoms with Crippen LogP contribution in [0.3, 0.4) is 0 Å². The SMILES string of the molecule is NC1CCCCC1N(Cc1cccc(NC(=O)c2cccc(F)c2)c1)C(=O)C1CCCCC1. The molecule has 0 bridgehead atoms. The molecule has 0 heterocycles. The molecule has 2 aliphatic rings. The van der Waals surface area contributed by atoms with Gasteiger partial charge in [0, 0.05) is 35.8 Å². The van der Waals surface area contributed by atoms with Crippen LogP contribution in [-0.2, 0) is 11.3 Å². The summed E-state index contributed by atoms with van der Waals surface area (Å²) in [6.45, 7) is 0.484. The van der Waals surface area contributed by atoms with Crippen LogP contribution in [0.5, 0.6) is 0 Å². The first-order chi connectivity index (χ1) is 16.0. The highest BCUT2D eigenvalue weighted by atomic mass is 19.1. The van der Waals surface area contributed by atoms with Gasteiger partial charge in [0.15, 0.2) is 0 Å². The minimum absolute atomic E-state index is 0.00199. The van der Waals surface area contributed by atoms with E-state index < -0.39 is 5.82 Å². The molecule has 2 saturated carbocycles. The maximum atomic E-state index is 13.6. The van der Waals surface area contributed by atoms with Crippen LogP contribution in [0.4, 0.5) is 10.1 Å². The number of benzene rings is 2. The number of carbonyl (C=O) groups excluding carboxylic acids is 2. The van der Waals surface area contributed by atoms with Crippen molar-refractivity contribution in [3.8, 4) is 0 Å². The second-order valence-corrected chi connectivity index (χ2v) is 9.48. The molecule has 2 amide bonds. The Hall–Kier alpha value is -2.73. The second-order valence-electron chi connectivity index (χ2n) is 9.48. The summed E-state index contributed by atoms with van der Waals surface area (Å²) in [5.41, 5.74) is 8.34. The second kappa shape index (κ2) is 10.9. The summed E-state index contributed by atoms with van der Waals surface area (Å²) >= 11 is 0. The van der Waals surface area contributed by atoms with E-state index in [-0.39, 0.29) is 35.4 Å². The third-order valence-corrected chi connectivity index (χ3v) is 7.04. The Balaban J connectivity index is 1.51. The molecule has 0 aromatic heterocycles. The van der Waals surface area contributed by atoms with Crippen molar-refractivity contribution >= 4 is 17.5 Å². The number of nitrogens with zero attached hydrogens (tertiary/aromatic N) is 1. The Kier molecular flexibility index (Phi) is 7.76. The summed E-state index contributed by atoms with van der Waals surface area (Å²) in [7, 11) is 0. The molecule has 0 saturated heterocycles. The number of rotatable bonds is 6. The summed E-state index contributed by atoms with van der Waals surface area (Å²) < 4.78 is 13.5. The van der Waals surface area contributed by atoms with E-state index in [1.165, 1.54) is 24.6 Å². The molecular formula is C27H34FN3O2. The first-order valence-electron chi connectivity index (χ1n) is 12.2. The van der Waals surface area contributed by atoms with Gasteiger partial charge in [-0.05, 0) is 61.6 Å². The molecule has 0 radical (unpaired) electrons. The third-order valence-electron chi connectivity index (χ3n) is 7.04. The largest absolute Gasteiger partial charge is 0.334 e. The van der Waals surface area contributed by atoms with Crippen molar-refractivity contribution in [3.05, 3.63) is 65.5 Å². The van der Waals surface area contributed by atoms with Crippen molar-refractivity contribution in [2.75, 3.05) is 5.32 Å². The molecule has 2 aliphatic carbocycles. The van der Waals surface area contributed by atoms with Crippen molar-refractivity contribution in [3.63, 3.8) is 0 Å². The van der Waals surface area contributed by atoms with Crippen LogP contribution >= 0.6 is 0 Å². The van der Waals surface area contributed by atoms with Gasteiger partial charge >= 0.3 is 0 Å². The lowest BCUT2D eigenvalue weighted by Crippen LogP contribution is -2.53. The molecule has 2 aromatic carbocycles. The molecule has 5 nitrogen and oxygen atoms in total. The number of halogens is 1. The summed E-state index contributed by atoms with van der Waals surface area (Å²) in [6, 6.07) is 13.2. The summed E-state index contributed by atoms with van der Waals surface area (Å²) in [5.74, 6) is -0.497. The molecule has 4 rings (SSSR count). The van der Waals surface area contributed by atoms with E-state index in [2.05, 4.69) is 5.32 Å². The van der Waals surface area contributed by atoms with Crippen LogP contribution in [0.2, 0.25) is 0 Å². The van der Waals surface area contributed by atoms with Crippen LogP contribution in [-0.4, -0.2) is 28.8 Å². The first-order valence-corrected chi connectivity index (χ1v) is 12.2. The van der Waals surface area contributed by atoms with Crippen molar-refractivity contribution < 1.29 is 14.0 Å². The van der Waals surface area contributed by atoms with Crippen molar-refractivity contribution in [2.24, 2.45) is 11.7 Å². The molecule has 3 N–H and O–H groups in total. The molecule has 6 heteroatoms. The first kappa shape index (κ1) is 23.4. The Morgan fingerprint density at radius 1 is 0.939 bits per heavy atom. The van der Waals surface area contributed by atoms with Gasteiger partial charge in [-0.15, -0.1) is 0 Å². The molecule has 2 fully saturated rings. The highest BCUT2D eigenvalue weighted by Gasteiger charge is 2.34. The smallest absolute Gasteiger partial charge is 0.255 e. The molecule has 0 aliphatic heterocycles. The van der Waals surface area contributed by atoms with E-state index in [1.807, 2.05) is 23.1 Å². The lowest BCUT2D eigenvalue weighted by Gasteiger charge is -2.40. The number of hydrogen-bond acceptors (Lipinski definition) is 3. The van der Waals surface area contributed by atoms with E-state index >= 15 is 0 Å². The molecule has 2 aromatic rings. The van der Waals surface area contributed by atoms with Gasteiger partial charge in [0.05, 0.1) is 0 Å². The highest BCUT2D eigenvalue weighted by molar-refractivity contribution is 6.04. The van der Waals surface area contributed by atoms with Gasteiger partial charge in [-0.3, -0.25) is 9.59 Å². The molecule has 2 atom stereocenters. The van der Waals surface area contributed by atoms with Gasteiger partial charge in [-0.2, -0.15) is 0 Å². The van der Waals surface area contributed by atoms with Crippen LogP contribution in [0.1, 0.15) is 73.7 Å². The normalized spacial score (nSPS) is 21.4. The number of hydrogen-bond donors (Lipinski definition) is 2. The number of amides is 2. The van der Waals surface area contributed by atoms with E-state index in [0.29, 0.717) is 12.2 Å². The predicted octanol–water partition coefficient (Wildman–Crippen LogP) is 5.26. The minimum Gasteiger partial charge on any atom is -0.334 e. The molecule has 2 unspecified atom stereocenters. The molecular weight excluding hydrogens is 417 g/mol.